The Morgan fingerprint density at radius 3 is 2.46 bits per heavy atom. The van der Waals surface area contributed by atoms with Crippen molar-refractivity contribution in [2.45, 2.75) is 19.4 Å². The minimum absolute atomic E-state index is 0.0351. The number of halogens is 4. The Kier molecular flexibility index (Phi) is 5.28. The first-order valence-electron chi connectivity index (χ1n) is 7.48. The third-order valence-electron chi connectivity index (χ3n) is 3.61. The fourth-order valence-corrected chi connectivity index (χ4v) is 2.80. The largest absolute Gasteiger partial charge is 0.489 e. The summed E-state index contributed by atoms with van der Waals surface area (Å²) in [4.78, 5) is 0. The number of rotatable bonds is 5. The number of benzene rings is 2. The Hall–Kier alpha value is -2.39. The van der Waals surface area contributed by atoms with Crippen LogP contribution in [0.4, 0.5) is 13.2 Å². The van der Waals surface area contributed by atoms with Crippen molar-refractivity contribution in [1.29, 1.82) is 0 Å². The molecule has 0 amide bonds. The molecular formula is C17H13BrF3N3O2. The van der Waals surface area contributed by atoms with Gasteiger partial charge in [-0.1, -0.05) is 27.2 Å². The average molecular weight is 428 g/mol. The molecule has 0 fully saturated rings. The van der Waals surface area contributed by atoms with E-state index < -0.39 is 11.7 Å². The quantitative estimate of drug-likeness (QED) is 0.665. The lowest BCUT2D eigenvalue weighted by Crippen LogP contribution is -2.11. The van der Waals surface area contributed by atoms with Gasteiger partial charge in [0.2, 0.25) is 0 Å². The van der Waals surface area contributed by atoms with Crippen LogP contribution in [0.1, 0.15) is 16.8 Å². The molecule has 3 aromatic rings. The molecule has 9 heteroatoms. The van der Waals surface area contributed by atoms with E-state index in [4.69, 9.17) is 9.84 Å². The second kappa shape index (κ2) is 7.46. The number of alkyl halides is 3. The molecule has 0 atom stereocenters. The zero-order chi connectivity index (χ0) is 18.7. The van der Waals surface area contributed by atoms with E-state index in [2.05, 4.69) is 26.2 Å². The Morgan fingerprint density at radius 2 is 1.85 bits per heavy atom. The molecule has 0 unspecified atom stereocenters. The topological polar surface area (TPSA) is 60.2 Å². The van der Waals surface area contributed by atoms with E-state index in [9.17, 15) is 13.2 Å². The first-order chi connectivity index (χ1) is 12.4. The highest BCUT2D eigenvalue weighted by molar-refractivity contribution is 9.10. The van der Waals surface area contributed by atoms with Gasteiger partial charge in [-0.3, -0.25) is 0 Å². The van der Waals surface area contributed by atoms with Gasteiger partial charge in [-0.15, -0.1) is 5.10 Å². The molecule has 3 rings (SSSR count). The second-order valence-corrected chi connectivity index (χ2v) is 6.21. The summed E-state index contributed by atoms with van der Waals surface area (Å²) in [6.45, 7) is -0.442. The van der Waals surface area contributed by atoms with Crippen LogP contribution in [0.25, 0.3) is 5.69 Å². The summed E-state index contributed by atoms with van der Waals surface area (Å²) in [6, 6.07) is 10.5. The third kappa shape index (κ3) is 4.05. The maximum Gasteiger partial charge on any atom is 0.416 e. The molecule has 0 saturated carbocycles. The van der Waals surface area contributed by atoms with E-state index in [0.717, 1.165) is 6.07 Å². The van der Waals surface area contributed by atoms with E-state index in [-0.39, 0.29) is 18.8 Å². The molecule has 136 valence electrons. The van der Waals surface area contributed by atoms with E-state index in [1.807, 2.05) is 0 Å². The van der Waals surface area contributed by atoms with E-state index in [0.29, 0.717) is 21.6 Å². The molecule has 0 radical (unpaired) electrons. The highest BCUT2D eigenvalue weighted by atomic mass is 79.9. The summed E-state index contributed by atoms with van der Waals surface area (Å²) >= 11 is 3.15. The number of aromatic nitrogens is 3. The van der Waals surface area contributed by atoms with Gasteiger partial charge in [0, 0.05) is 10.0 Å². The summed E-state index contributed by atoms with van der Waals surface area (Å²) in [5, 5.41) is 16.6. The van der Waals surface area contributed by atoms with E-state index >= 15 is 0 Å². The molecule has 0 aliphatic rings. The molecule has 0 aliphatic heterocycles. The SMILES string of the molecule is OCc1cn(-c2ccc(OCc3c(Br)cccc3C(F)(F)F)cc2)nn1. The fourth-order valence-electron chi connectivity index (χ4n) is 2.32. The number of hydrogen-bond donors (Lipinski definition) is 1. The van der Waals surface area contributed by atoms with Crippen molar-refractivity contribution >= 4 is 15.9 Å². The Labute approximate surface area is 155 Å². The standard InChI is InChI=1S/C17H13BrF3N3O2/c18-16-3-1-2-15(17(19,20)21)14(16)10-26-13-6-4-12(5-7-13)24-8-11(9-25)22-23-24/h1-8,25H,9-10H2. The monoisotopic (exact) mass is 427 g/mol. The van der Waals surface area contributed by atoms with Crippen LogP contribution in [0.5, 0.6) is 5.75 Å². The highest BCUT2D eigenvalue weighted by Gasteiger charge is 2.34. The van der Waals surface area contributed by atoms with Gasteiger partial charge in [0.15, 0.2) is 0 Å². The lowest BCUT2D eigenvalue weighted by Gasteiger charge is -2.15. The minimum Gasteiger partial charge on any atom is -0.489 e. The number of hydrogen-bond acceptors (Lipinski definition) is 4. The number of aliphatic hydroxyl groups excluding tert-OH is 1. The molecule has 0 spiro atoms. The number of aliphatic hydroxyl groups is 1. The van der Waals surface area contributed by atoms with Crippen LogP contribution in [0.15, 0.2) is 53.1 Å². The molecule has 1 aromatic heterocycles. The van der Waals surface area contributed by atoms with Gasteiger partial charge in [-0.25, -0.2) is 4.68 Å². The Balaban J connectivity index is 1.75. The minimum atomic E-state index is -4.45. The smallest absolute Gasteiger partial charge is 0.416 e. The van der Waals surface area contributed by atoms with Crippen molar-refractivity contribution < 1.29 is 23.0 Å². The van der Waals surface area contributed by atoms with Crippen LogP contribution >= 0.6 is 15.9 Å². The lowest BCUT2D eigenvalue weighted by atomic mass is 10.1. The summed E-state index contributed by atoms with van der Waals surface area (Å²) in [5.74, 6) is 0.417. The Bertz CT molecular complexity index is 895. The molecule has 5 nitrogen and oxygen atoms in total. The maximum atomic E-state index is 13.1. The van der Waals surface area contributed by atoms with Gasteiger partial charge in [-0.05, 0) is 36.4 Å². The van der Waals surface area contributed by atoms with Crippen LogP contribution in [0, 0.1) is 0 Å². The first kappa shape index (κ1) is 18.4. The van der Waals surface area contributed by atoms with Crippen LogP contribution in [0.3, 0.4) is 0 Å². The van der Waals surface area contributed by atoms with Crippen LogP contribution in [0.2, 0.25) is 0 Å². The maximum absolute atomic E-state index is 13.1. The van der Waals surface area contributed by atoms with Crippen LogP contribution < -0.4 is 4.74 Å². The summed E-state index contributed by atoms with van der Waals surface area (Å²) in [7, 11) is 0. The van der Waals surface area contributed by atoms with Gasteiger partial charge in [0.1, 0.15) is 18.1 Å². The summed E-state index contributed by atoms with van der Waals surface area (Å²) in [6.07, 6.45) is -2.88. The highest BCUT2D eigenvalue weighted by Crippen LogP contribution is 2.35. The molecule has 0 aliphatic carbocycles. The summed E-state index contributed by atoms with van der Waals surface area (Å²) < 4.78 is 46.7. The second-order valence-electron chi connectivity index (χ2n) is 5.36. The lowest BCUT2D eigenvalue weighted by molar-refractivity contribution is -0.138. The zero-order valence-electron chi connectivity index (χ0n) is 13.2. The van der Waals surface area contributed by atoms with Crippen molar-refractivity contribution in [3.8, 4) is 11.4 Å². The van der Waals surface area contributed by atoms with Gasteiger partial charge < -0.3 is 9.84 Å². The molecule has 0 bridgehead atoms. The normalized spacial score (nSPS) is 11.6. The average Bonchev–Trinajstić information content (AvgIpc) is 3.09. The number of nitrogens with zero attached hydrogens (tertiary/aromatic N) is 3. The van der Waals surface area contributed by atoms with Crippen molar-refractivity contribution in [2.24, 2.45) is 0 Å². The van der Waals surface area contributed by atoms with Crippen molar-refractivity contribution in [3.05, 3.63) is 70.0 Å². The third-order valence-corrected chi connectivity index (χ3v) is 4.35. The van der Waals surface area contributed by atoms with Gasteiger partial charge in [-0.2, -0.15) is 13.2 Å². The van der Waals surface area contributed by atoms with Crippen molar-refractivity contribution in [2.75, 3.05) is 0 Å². The predicted octanol–water partition coefficient (Wildman–Crippen LogP) is 4.12. The molecule has 1 heterocycles. The molecule has 1 N–H and O–H groups in total. The Morgan fingerprint density at radius 1 is 1.12 bits per heavy atom. The fraction of sp³-hybridized carbons (Fsp3) is 0.176. The van der Waals surface area contributed by atoms with Crippen LogP contribution in [-0.4, -0.2) is 20.1 Å². The first-order valence-corrected chi connectivity index (χ1v) is 8.27. The van der Waals surface area contributed by atoms with Crippen molar-refractivity contribution in [1.82, 2.24) is 15.0 Å². The zero-order valence-corrected chi connectivity index (χ0v) is 14.8. The predicted molar refractivity (Wildman–Crippen MR) is 90.8 cm³/mol. The summed E-state index contributed by atoms with van der Waals surface area (Å²) in [5.41, 5.74) is 0.413. The molecule has 26 heavy (non-hydrogen) atoms. The van der Waals surface area contributed by atoms with E-state index in [1.165, 1.54) is 10.7 Å². The van der Waals surface area contributed by atoms with Gasteiger partial charge >= 0.3 is 6.18 Å². The van der Waals surface area contributed by atoms with Crippen LogP contribution in [-0.2, 0) is 19.4 Å². The molecular weight excluding hydrogens is 415 g/mol. The van der Waals surface area contributed by atoms with E-state index in [1.54, 1.807) is 36.5 Å². The van der Waals surface area contributed by atoms with Gasteiger partial charge in [0.05, 0.1) is 24.1 Å². The van der Waals surface area contributed by atoms with Gasteiger partial charge in [0.25, 0.3) is 0 Å². The number of ether oxygens (including phenoxy) is 1. The molecule has 2 aromatic carbocycles. The van der Waals surface area contributed by atoms with Crippen molar-refractivity contribution in [3.63, 3.8) is 0 Å². The molecule has 0 saturated heterocycles.